The summed E-state index contributed by atoms with van der Waals surface area (Å²) in [4.78, 5) is 13.7. The zero-order chi connectivity index (χ0) is 10.8. The van der Waals surface area contributed by atoms with Crippen LogP contribution >= 0.6 is 11.3 Å². The lowest BCUT2D eigenvalue weighted by molar-refractivity contribution is -0.164. The van der Waals surface area contributed by atoms with Crippen molar-refractivity contribution < 1.29 is 23.4 Å². The number of thiazole rings is 1. The SMILES string of the molecule is COc1nc(CC(F)(F)C(=O)O)cs1. The van der Waals surface area contributed by atoms with Crippen molar-refractivity contribution in [2.24, 2.45) is 0 Å². The van der Waals surface area contributed by atoms with Gasteiger partial charge >= 0.3 is 11.9 Å². The van der Waals surface area contributed by atoms with Crippen molar-refractivity contribution in [2.45, 2.75) is 12.3 Å². The molecule has 0 aliphatic carbocycles. The Balaban J connectivity index is 2.73. The molecule has 1 heterocycles. The monoisotopic (exact) mass is 223 g/mol. The van der Waals surface area contributed by atoms with Crippen molar-refractivity contribution in [3.63, 3.8) is 0 Å². The Morgan fingerprint density at radius 1 is 1.79 bits per heavy atom. The average molecular weight is 223 g/mol. The van der Waals surface area contributed by atoms with Gasteiger partial charge in [0.15, 0.2) is 0 Å². The van der Waals surface area contributed by atoms with Gasteiger partial charge in [0.05, 0.1) is 19.2 Å². The number of carbonyl (C=O) groups is 1. The van der Waals surface area contributed by atoms with Crippen molar-refractivity contribution >= 4 is 17.3 Å². The molecule has 0 spiro atoms. The highest BCUT2D eigenvalue weighted by Crippen LogP contribution is 2.24. The molecule has 1 N–H and O–H groups in total. The molecular formula is C7H7F2NO3S. The van der Waals surface area contributed by atoms with E-state index in [1.165, 1.54) is 12.5 Å². The van der Waals surface area contributed by atoms with E-state index in [-0.39, 0.29) is 10.9 Å². The van der Waals surface area contributed by atoms with Crippen LogP contribution in [0.2, 0.25) is 0 Å². The van der Waals surface area contributed by atoms with Crippen molar-refractivity contribution in [3.05, 3.63) is 11.1 Å². The van der Waals surface area contributed by atoms with Crippen molar-refractivity contribution in [3.8, 4) is 5.19 Å². The van der Waals surface area contributed by atoms with E-state index in [4.69, 9.17) is 5.11 Å². The maximum Gasteiger partial charge on any atom is 0.374 e. The number of carboxylic acids is 1. The number of methoxy groups -OCH3 is 1. The number of aliphatic carboxylic acids is 1. The lowest BCUT2D eigenvalue weighted by Crippen LogP contribution is -2.30. The zero-order valence-electron chi connectivity index (χ0n) is 7.16. The summed E-state index contributed by atoms with van der Waals surface area (Å²) in [7, 11) is 1.36. The lowest BCUT2D eigenvalue weighted by atomic mass is 10.2. The Morgan fingerprint density at radius 3 is 2.86 bits per heavy atom. The molecule has 0 saturated heterocycles. The summed E-state index contributed by atoms with van der Waals surface area (Å²) in [5.41, 5.74) is 0.0132. The van der Waals surface area contributed by atoms with Crippen LogP contribution in [0.15, 0.2) is 5.38 Å². The first kappa shape index (κ1) is 10.8. The molecule has 1 aromatic rings. The molecule has 0 aliphatic rings. The molecule has 0 radical (unpaired) electrons. The van der Waals surface area contributed by atoms with E-state index >= 15 is 0 Å². The third kappa shape index (κ3) is 2.38. The summed E-state index contributed by atoms with van der Waals surface area (Å²) in [6.07, 6.45) is -0.914. The number of rotatable bonds is 4. The molecule has 0 fully saturated rings. The number of aromatic nitrogens is 1. The fourth-order valence-electron chi connectivity index (χ4n) is 0.766. The van der Waals surface area contributed by atoms with Gasteiger partial charge < -0.3 is 9.84 Å². The average Bonchev–Trinajstić information content (AvgIpc) is 2.51. The van der Waals surface area contributed by atoms with Gasteiger partial charge in [0.2, 0.25) is 0 Å². The molecule has 0 aromatic carbocycles. The first-order valence-corrected chi connectivity index (χ1v) is 4.43. The smallest absolute Gasteiger partial charge is 0.374 e. The summed E-state index contributed by atoms with van der Waals surface area (Å²) < 4.78 is 30.0. The summed E-state index contributed by atoms with van der Waals surface area (Å²) in [5.74, 6) is -5.93. The van der Waals surface area contributed by atoms with Crippen LogP contribution in [0.1, 0.15) is 5.69 Å². The van der Waals surface area contributed by atoms with Crippen LogP contribution < -0.4 is 4.74 Å². The Kier molecular flexibility index (Phi) is 3.00. The molecule has 0 saturated carbocycles. The quantitative estimate of drug-likeness (QED) is 0.838. The van der Waals surface area contributed by atoms with Crippen LogP contribution in [0.5, 0.6) is 5.19 Å². The fraction of sp³-hybridized carbons (Fsp3) is 0.429. The van der Waals surface area contributed by atoms with Crippen LogP contribution in [0.25, 0.3) is 0 Å². The zero-order valence-corrected chi connectivity index (χ0v) is 7.98. The minimum atomic E-state index is -3.78. The highest BCUT2D eigenvalue weighted by atomic mass is 32.1. The van der Waals surface area contributed by atoms with E-state index in [0.29, 0.717) is 0 Å². The van der Waals surface area contributed by atoms with E-state index in [2.05, 4.69) is 9.72 Å². The lowest BCUT2D eigenvalue weighted by Gasteiger charge is -2.07. The maximum atomic E-state index is 12.7. The highest BCUT2D eigenvalue weighted by molar-refractivity contribution is 7.11. The van der Waals surface area contributed by atoms with E-state index in [0.717, 1.165) is 11.3 Å². The molecule has 0 bridgehead atoms. The number of ether oxygens (including phenoxy) is 1. The number of hydrogen-bond acceptors (Lipinski definition) is 4. The molecular weight excluding hydrogens is 216 g/mol. The van der Waals surface area contributed by atoms with E-state index in [1.807, 2.05) is 0 Å². The minimum absolute atomic E-state index is 0.0132. The number of halogens is 2. The minimum Gasteiger partial charge on any atom is -0.477 e. The third-order valence-electron chi connectivity index (χ3n) is 1.42. The Hall–Kier alpha value is -1.24. The van der Waals surface area contributed by atoms with Crippen LogP contribution in [0.3, 0.4) is 0 Å². The van der Waals surface area contributed by atoms with Gasteiger partial charge in [-0.15, -0.1) is 0 Å². The van der Waals surface area contributed by atoms with Crippen molar-refractivity contribution in [1.29, 1.82) is 0 Å². The van der Waals surface area contributed by atoms with Gasteiger partial charge in [-0.2, -0.15) is 8.78 Å². The predicted molar refractivity (Wildman–Crippen MR) is 45.0 cm³/mol. The first-order valence-electron chi connectivity index (χ1n) is 3.55. The van der Waals surface area contributed by atoms with Crippen LogP contribution in [-0.4, -0.2) is 29.1 Å². The second-order valence-electron chi connectivity index (χ2n) is 2.50. The van der Waals surface area contributed by atoms with Crippen LogP contribution in [0, 0.1) is 0 Å². The molecule has 0 amide bonds. The number of nitrogens with zero attached hydrogens (tertiary/aromatic N) is 1. The normalized spacial score (nSPS) is 11.4. The Labute approximate surface area is 82.2 Å². The largest absolute Gasteiger partial charge is 0.477 e. The highest BCUT2D eigenvalue weighted by Gasteiger charge is 2.39. The van der Waals surface area contributed by atoms with Gasteiger partial charge in [-0.05, 0) is 0 Å². The van der Waals surface area contributed by atoms with Gasteiger partial charge in [-0.3, -0.25) is 0 Å². The number of hydrogen-bond donors (Lipinski definition) is 1. The van der Waals surface area contributed by atoms with Gasteiger partial charge in [0.1, 0.15) is 0 Å². The van der Waals surface area contributed by atoms with Gasteiger partial charge in [0.25, 0.3) is 5.19 Å². The summed E-state index contributed by atoms with van der Waals surface area (Å²) in [6, 6.07) is 0. The second kappa shape index (κ2) is 3.87. The maximum absolute atomic E-state index is 12.7. The Morgan fingerprint density at radius 2 is 2.43 bits per heavy atom. The molecule has 0 unspecified atom stereocenters. The predicted octanol–water partition coefficient (Wildman–Crippen LogP) is 1.41. The molecule has 0 aliphatic heterocycles. The molecule has 0 atom stereocenters. The Bertz CT molecular complexity index is 339. The first-order chi connectivity index (χ1) is 6.45. The number of alkyl halides is 2. The molecule has 4 nitrogen and oxygen atoms in total. The van der Waals surface area contributed by atoms with E-state index in [1.54, 1.807) is 0 Å². The van der Waals surface area contributed by atoms with Crippen LogP contribution in [0.4, 0.5) is 8.78 Å². The molecule has 1 aromatic heterocycles. The fourth-order valence-corrected chi connectivity index (χ4v) is 1.41. The third-order valence-corrected chi connectivity index (χ3v) is 2.27. The van der Waals surface area contributed by atoms with Crippen molar-refractivity contribution in [1.82, 2.24) is 4.98 Å². The van der Waals surface area contributed by atoms with E-state index in [9.17, 15) is 13.6 Å². The number of carboxylic acid groups (broad SMARTS) is 1. The molecule has 14 heavy (non-hydrogen) atoms. The summed E-state index contributed by atoms with van der Waals surface area (Å²) in [6.45, 7) is 0. The van der Waals surface area contributed by atoms with Crippen molar-refractivity contribution in [2.75, 3.05) is 7.11 Å². The standard InChI is InChI=1S/C7H7F2NO3S/c1-13-6-10-4(3-14-6)2-7(8,9)5(11)12/h3H,2H2,1H3,(H,11,12). The van der Waals surface area contributed by atoms with Gasteiger partial charge in [0, 0.05) is 5.38 Å². The van der Waals surface area contributed by atoms with Gasteiger partial charge in [-0.1, -0.05) is 11.3 Å². The molecule has 7 heteroatoms. The molecule has 1 rings (SSSR count). The van der Waals surface area contributed by atoms with Crippen LogP contribution in [-0.2, 0) is 11.2 Å². The van der Waals surface area contributed by atoms with Gasteiger partial charge in [-0.25, -0.2) is 9.78 Å². The summed E-state index contributed by atoms with van der Waals surface area (Å²) in [5, 5.41) is 9.74. The summed E-state index contributed by atoms with van der Waals surface area (Å²) >= 11 is 1.04. The second-order valence-corrected chi connectivity index (χ2v) is 3.32. The van der Waals surface area contributed by atoms with E-state index < -0.39 is 18.3 Å². The topological polar surface area (TPSA) is 59.4 Å². The molecule has 78 valence electrons.